The lowest BCUT2D eigenvalue weighted by atomic mass is 10.1. The van der Waals surface area contributed by atoms with Gasteiger partial charge in [0.1, 0.15) is 6.61 Å². The minimum atomic E-state index is -0.0351. The van der Waals surface area contributed by atoms with Crippen LogP contribution in [0.5, 0.6) is 11.5 Å². The molecule has 1 heterocycles. The fourth-order valence-electron chi connectivity index (χ4n) is 1.86. The smallest absolute Gasteiger partial charge is 0.205 e. The molecule has 0 spiro atoms. The van der Waals surface area contributed by atoms with E-state index in [9.17, 15) is 0 Å². The molecule has 1 aromatic carbocycles. The number of methoxy groups -OCH3 is 1. The Morgan fingerprint density at radius 1 is 1.42 bits per heavy atom. The number of benzene rings is 1. The summed E-state index contributed by atoms with van der Waals surface area (Å²) in [7, 11) is 1.57. The van der Waals surface area contributed by atoms with E-state index in [-0.39, 0.29) is 6.61 Å². The molecular weight excluding hydrogens is 244 g/mol. The third kappa shape index (κ3) is 2.63. The van der Waals surface area contributed by atoms with Crippen LogP contribution in [0.15, 0.2) is 41.5 Å². The molecule has 0 saturated heterocycles. The minimum Gasteiger partial charge on any atom is -0.490 e. The third-order valence-electron chi connectivity index (χ3n) is 2.63. The number of rotatable bonds is 6. The molecule has 4 nitrogen and oxygen atoms in total. The number of hydrogen-bond donors (Lipinski definition) is 1. The number of fused-ring (bicyclic) bond motifs is 1. The Balaban J connectivity index is 2.61. The molecule has 19 heavy (non-hydrogen) atoms. The topological polar surface area (TPSA) is 51.8 Å². The first-order valence-electron chi connectivity index (χ1n) is 5.91. The Bertz CT molecular complexity index is 595. The molecule has 2 rings (SSSR count). The molecule has 0 aliphatic heterocycles. The summed E-state index contributed by atoms with van der Waals surface area (Å²) in [4.78, 5) is 0. The summed E-state index contributed by atoms with van der Waals surface area (Å²) in [5, 5.41) is 9.82. The molecule has 4 heteroatoms. The number of furan rings is 1. The van der Waals surface area contributed by atoms with Crippen molar-refractivity contribution in [2.45, 2.75) is 0 Å². The van der Waals surface area contributed by atoms with Crippen LogP contribution >= 0.6 is 0 Å². The molecule has 0 fully saturated rings. The van der Waals surface area contributed by atoms with E-state index in [1.54, 1.807) is 31.6 Å². The van der Waals surface area contributed by atoms with E-state index in [0.29, 0.717) is 23.7 Å². The summed E-state index contributed by atoms with van der Waals surface area (Å²) in [5.74, 6) is 1.12. The summed E-state index contributed by atoms with van der Waals surface area (Å²) >= 11 is 0. The van der Waals surface area contributed by atoms with Crippen molar-refractivity contribution in [1.29, 1.82) is 0 Å². The first kappa shape index (κ1) is 13.2. The summed E-state index contributed by atoms with van der Waals surface area (Å²) in [6.07, 6.45) is 6.68. The molecular formula is C15H16O4. The fraction of sp³-hybridized carbons (Fsp3) is 0.200. The van der Waals surface area contributed by atoms with Crippen molar-refractivity contribution >= 4 is 17.0 Å². The average Bonchev–Trinajstić information content (AvgIpc) is 2.89. The maximum absolute atomic E-state index is 8.90. The second kappa shape index (κ2) is 6.11. The van der Waals surface area contributed by atoms with Crippen LogP contribution in [0.3, 0.4) is 0 Å². The van der Waals surface area contributed by atoms with Crippen LogP contribution < -0.4 is 9.47 Å². The van der Waals surface area contributed by atoms with E-state index in [1.807, 2.05) is 12.1 Å². The van der Waals surface area contributed by atoms with Crippen molar-refractivity contribution in [1.82, 2.24) is 0 Å². The summed E-state index contributed by atoms with van der Waals surface area (Å²) in [6, 6.07) is 3.78. The Morgan fingerprint density at radius 3 is 2.95 bits per heavy atom. The Hall–Kier alpha value is -2.20. The fourth-order valence-corrected chi connectivity index (χ4v) is 1.86. The Labute approximate surface area is 111 Å². The Morgan fingerprint density at radius 2 is 2.26 bits per heavy atom. The number of ether oxygens (including phenoxy) is 2. The van der Waals surface area contributed by atoms with Gasteiger partial charge in [0.05, 0.1) is 20.0 Å². The van der Waals surface area contributed by atoms with Crippen molar-refractivity contribution in [2.75, 3.05) is 20.3 Å². The van der Waals surface area contributed by atoms with E-state index < -0.39 is 0 Å². The standard InChI is InChI=1S/C15H16O4/c1-3-8-18-13-11(5-4-7-16)10-12-6-9-19-14(12)15(13)17-2/h3-6,9-10,16H,1,7-8H2,2H3/b5-4-. The zero-order chi connectivity index (χ0) is 13.7. The first-order chi connectivity index (χ1) is 9.31. The molecule has 0 radical (unpaired) electrons. The largest absolute Gasteiger partial charge is 0.490 e. The normalized spacial score (nSPS) is 11.1. The van der Waals surface area contributed by atoms with Gasteiger partial charge in [-0.3, -0.25) is 0 Å². The highest BCUT2D eigenvalue weighted by atomic mass is 16.5. The number of aliphatic hydroxyl groups is 1. The van der Waals surface area contributed by atoms with E-state index in [0.717, 1.165) is 10.9 Å². The van der Waals surface area contributed by atoms with Gasteiger partial charge in [-0.05, 0) is 12.1 Å². The first-order valence-corrected chi connectivity index (χ1v) is 5.91. The molecule has 0 amide bonds. The molecule has 2 aromatic rings. The molecule has 0 aliphatic carbocycles. The second-order valence-electron chi connectivity index (χ2n) is 3.85. The molecule has 0 aliphatic rings. The predicted molar refractivity (Wildman–Crippen MR) is 74.6 cm³/mol. The average molecular weight is 260 g/mol. The van der Waals surface area contributed by atoms with E-state index in [4.69, 9.17) is 19.0 Å². The van der Waals surface area contributed by atoms with E-state index >= 15 is 0 Å². The molecule has 0 bridgehead atoms. The van der Waals surface area contributed by atoms with E-state index in [1.165, 1.54) is 0 Å². The monoisotopic (exact) mass is 260 g/mol. The molecule has 1 N–H and O–H groups in total. The predicted octanol–water partition coefficient (Wildman–Crippen LogP) is 3.01. The zero-order valence-corrected chi connectivity index (χ0v) is 10.8. The van der Waals surface area contributed by atoms with Gasteiger partial charge in [0, 0.05) is 10.9 Å². The van der Waals surface area contributed by atoms with Gasteiger partial charge in [0.15, 0.2) is 11.3 Å². The molecule has 0 saturated carbocycles. The SMILES string of the molecule is C=CCOc1c(/C=C\CO)cc2ccoc2c1OC. The van der Waals surface area contributed by atoms with Crippen LogP contribution in [0.2, 0.25) is 0 Å². The van der Waals surface area contributed by atoms with Crippen LogP contribution in [0.4, 0.5) is 0 Å². The quantitative estimate of drug-likeness (QED) is 0.811. The van der Waals surface area contributed by atoms with Gasteiger partial charge in [-0.15, -0.1) is 0 Å². The highest BCUT2D eigenvalue weighted by Gasteiger charge is 2.16. The highest BCUT2D eigenvalue weighted by molar-refractivity contribution is 5.89. The van der Waals surface area contributed by atoms with Crippen LogP contribution in [0, 0.1) is 0 Å². The van der Waals surface area contributed by atoms with Gasteiger partial charge in [0.25, 0.3) is 0 Å². The van der Waals surface area contributed by atoms with Crippen molar-refractivity contribution in [3.8, 4) is 11.5 Å². The maximum Gasteiger partial charge on any atom is 0.205 e. The van der Waals surface area contributed by atoms with Gasteiger partial charge < -0.3 is 19.0 Å². The van der Waals surface area contributed by atoms with Crippen LogP contribution in [-0.4, -0.2) is 25.4 Å². The minimum absolute atomic E-state index is 0.0351. The molecule has 0 atom stereocenters. The lowest BCUT2D eigenvalue weighted by Gasteiger charge is -2.12. The summed E-state index contributed by atoms with van der Waals surface area (Å²) < 4.78 is 16.4. The molecule has 100 valence electrons. The van der Waals surface area contributed by atoms with Crippen LogP contribution in [0.1, 0.15) is 5.56 Å². The number of aliphatic hydroxyl groups excluding tert-OH is 1. The van der Waals surface area contributed by atoms with Crippen molar-refractivity contribution < 1.29 is 19.0 Å². The third-order valence-corrected chi connectivity index (χ3v) is 2.63. The number of hydrogen-bond acceptors (Lipinski definition) is 4. The van der Waals surface area contributed by atoms with Crippen molar-refractivity contribution in [3.63, 3.8) is 0 Å². The zero-order valence-electron chi connectivity index (χ0n) is 10.8. The van der Waals surface area contributed by atoms with Crippen molar-refractivity contribution in [2.24, 2.45) is 0 Å². The summed E-state index contributed by atoms with van der Waals surface area (Å²) in [5.41, 5.74) is 1.46. The van der Waals surface area contributed by atoms with Gasteiger partial charge in [-0.25, -0.2) is 0 Å². The second-order valence-corrected chi connectivity index (χ2v) is 3.85. The van der Waals surface area contributed by atoms with Gasteiger partial charge >= 0.3 is 0 Å². The maximum atomic E-state index is 8.90. The van der Waals surface area contributed by atoms with Gasteiger partial charge in [-0.1, -0.05) is 24.8 Å². The lowest BCUT2D eigenvalue weighted by molar-refractivity contribution is 0.325. The van der Waals surface area contributed by atoms with Crippen LogP contribution in [0.25, 0.3) is 17.0 Å². The lowest BCUT2D eigenvalue weighted by Crippen LogP contribution is -1.99. The molecule has 1 aromatic heterocycles. The van der Waals surface area contributed by atoms with E-state index in [2.05, 4.69) is 6.58 Å². The van der Waals surface area contributed by atoms with Crippen LogP contribution in [-0.2, 0) is 0 Å². The Kier molecular flexibility index (Phi) is 4.26. The van der Waals surface area contributed by atoms with Crippen molar-refractivity contribution in [3.05, 3.63) is 42.7 Å². The van der Waals surface area contributed by atoms with Gasteiger partial charge in [-0.2, -0.15) is 0 Å². The summed E-state index contributed by atoms with van der Waals surface area (Å²) in [6.45, 7) is 3.96. The molecule has 0 unspecified atom stereocenters. The highest BCUT2D eigenvalue weighted by Crippen LogP contribution is 2.40. The van der Waals surface area contributed by atoms with Gasteiger partial charge in [0.2, 0.25) is 5.75 Å².